The Morgan fingerprint density at radius 2 is 2.15 bits per heavy atom. The van der Waals surface area contributed by atoms with Gasteiger partial charge in [0, 0.05) is 15.8 Å². The Morgan fingerprint density at radius 3 is 2.85 bits per heavy atom. The monoisotopic (exact) mass is 444 g/mol. The second-order valence-electron chi connectivity index (χ2n) is 6.31. The smallest absolute Gasteiger partial charge is 0.253 e. The highest BCUT2D eigenvalue weighted by molar-refractivity contribution is 8.16. The maximum absolute atomic E-state index is 13.6. The van der Waals surface area contributed by atoms with Crippen molar-refractivity contribution in [3.8, 4) is 0 Å². The second-order valence-corrected chi connectivity index (χ2v) is 11.1. The Kier molecular flexibility index (Phi) is 5.04. The lowest BCUT2D eigenvalue weighted by atomic mass is 10.2. The van der Waals surface area contributed by atoms with Gasteiger partial charge >= 0.3 is 0 Å². The van der Waals surface area contributed by atoms with Gasteiger partial charge in [-0.3, -0.25) is 4.79 Å². The highest BCUT2D eigenvalue weighted by atomic mass is 35.5. The van der Waals surface area contributed by atoms with E-state index >= 15 is 0 Å². The van der Waals surface area contributed by atoms with Crippen LogP contribution in [0.25, 0.3) is 0 Å². The summed E-state index contributed by atoms with van der Waals surface area (Å²) in [5.41, 5.74) is 0.529. The normalized spacial score (nSPS) is 25.1. The summed E-state index contributed by atoms with van der Waals surface area (Å²) in [5, 5.41) is 2.05. The SMILES string of the molecule is O=C(Cc1cccs1)N=C1SC2CS(=O)(=O)CC2N1c1ccc(F)c(Cl)c1. The molecule has 2 unspecified atom stereocenters. The Bertz CT molecular complexity index is 1020. The summed E-state index contributed by atoms with van der Waals surface area (Å²) in [4.78, 5) is 19.2. The van der Waals surface area contributed by atoms with Gasteiger partial charge in [0.25, 0.3) is 5.91 Å². The molecule has 2 aliphatic rings. The van der Waals surface area contributed by atoms with E-state index in [1.807, 2.05) is 17.5 Å². The number of carbonyl (C=O) groups excluding carboxylic acids is 1. The van der Waals surface area contributed by atoms with E-state index in [-0.39, 0.29) is 40.1 Å². The largest absolute Gasteiger partial charge is 0.316 e. The lowest BCUT2D eigenvalue weighted by Crippen LogP contribution is -2.37. The molecule has 0 N–H and O–H groups in total. The Hall–Kier alpha value is -1.42. The van der Waals surface area contributed by atoms with Gasteiger partial charge in [-0.05, 0) is 29.6 Å². The molecule has 0 spiro atoms. The number of fused-ring (bicyclic) bond motifs is 1. The van der Waals surface area contributed by atoms with Gasteiger partial charge in [-0.2, -0.15) is 4.99 Å². The first-order chi connectivity index (χ1) is 12.8. The number of carbonyl (C=O) groups is 1. The molecule has 2 fully saturated rings. The standard InChI is InChI=1S/C17H14ClFN2O3S3/c18-12-6-10(3-4-13(12)19)21-14-8-27(23,24)9-15(14)26-17(21)20-16(22)7-11-2-1-5-25-11/h1-6,14-15H,7-9H2. The fourth-order valence-electron chi connectivity index (χ4n) is 3.21. The summed E-state index contributed by atoms with van der Waals surface area (Å²) in [6.07, 6.45) is 0.188. The highest BCUT2D eigenvalue weighted by Gasteiger charge is 2.49. The van der Waals surface area contributed by atoms with Crippen LogP contribution < -0.4 is 4.90 Å². The highest BCUT2D eigenvalue weighted by Crippen LogP contribution is 2.41. The number of sulfone groups is 1. The van der Waals surface area contributed by atoms with Crippen LogP contribution >= 0.6 is 34.7 Å². The lowest BCUT2D eigenvalue weighted by molar-refractivity contribution is -0.117. The molecule has 5 nitrogen and oxygen atoms in total. The molecule has 0 aliphatic carbocycles. The third kappa shape index (κ3) is 3.91. The van der Waals surface area contributed by atoms with Gasteiger partial charge in [-0.1, -0.05) is 29.4 Å². The number of hydrogen-bond donors (Lipinski definition) is 0. The number of hydrogen-bond acceptors (Lipinski definition) is 5. The molecule has 4 rings (SSSR count). The number of amidine groups is 1. The van der Waals surface area contributed by atoms with Gasteiger partial charge in [0.1, 0.15) is 5.82 Å². The fraction of sp³-hybridized carbons (Fsp3) is 0.294. The third-order valence-electron chi connectivity index (χ3n) is 4.37. The molecule has 0 radical (unpaired) electrons. The zero-order chi connectivity index (χ0) is 19.2. The predicted molar refractivity (Wildman–Crippen MR) is 108 cm³/mol. The lowest BCUT2D eigenvalue weighted by Gasteiger charge is -2.24. The van der Waals surface area contributed by atoms with Crippen molar-refractivity contribution in [2.75, 3.05) is 16.4 Å². The number of rotatable bonds is 3. The molecule has 2 aromatic rings. The average molecular weight is 445 g/mol. The van der Waals surface area contributed by atoms with E-state index in [2.05, 4.69) is 4.99 Å². The first-order valence-corrected chi connectivity index (χ1v) is 12.0. The number of thioether (sulfide) groups is 1. The third-order valence-corrected chi connectivity index (χ3v) is 8.75. The Balaban J connectivity index is 1.68. The van der Waals surface area contributed by atoms with Crippen molar-refractivity contribution < 1.29 is 17.6 Å². The summed E-state index contributed by atoms with van der Waals surface area (Å²) in [6, 6.07) is 7.56. The van der Waals surface area contributed by atoms with Gasteiger partial charge in [-0.15, -0.1) is 11.3 Å². The summed E-state index contributed by atoms with van der Waals surface area (Å²) >= 11 is 8.66. The van der Waals surface area contributed by atoms with Crippen LogP contribution in [0.3, 0.4) is 0 Å². The maximum atomic E-state index is 13.6. The number of thiophene rings is 1. The van der Waals surface area contributed by atoms with E-state index < -0.39 is 15.7 Å². The number of aliphatic imine (C=N–C) groups is 1. The van der Waals surface area contributed by atoms with Gasteiger partial charge < -0.3 is 4.90 Å². The molecule has 142 valence electrons. The minimum atomic E-state index is -3.17. The molecule has 2 saturated heterocycles. The summed E-state index contributed by atoms with van der Waals surface area (Å²) in [6.45, 7) is 0. The van der Waals surface area contributed by atoms with Crippen molar-refractivity contribution in [1.82, 2.24) is 0 Å². The molecule has 1 amide bonds. The number of anilines is 1. The molecule has 1 aromatic carbocycles. The molecule has 10 heteroatoms. The van der Waals surface area contributed by atoms with Crippen LogP contribution in [0.15, 0.2) is 40.7 Å². The maximum Gasteiger partial charge on any atom is 0.253 e. The summed E-state index contributed by atoms with van der Waals surface area (Å²) in [7, 11) is -3.17. The minimum absolute atomic E-state index is 0.0300. The molecule has 27 heavy (non-hydrogen) atoms. The molecule has 3 heterocycles. The van der Waals surface area contributed by atoms with E-state index in [1.165, 1.54) is 41.3 Å². The molecule has 0 bridgehead atoms. The van der Waals surface area contributed by atoms with Crippen LogP contribution in [0.4, 0.5) is 10.1 Å². The fourth-order valence-corrected chi connectivity index (χ4v) is 8.01. The van der Waals surface area contributed by atoms with Gasteiger partial charge in [0.2, 0.25) is 0 Å². The topological polar surface area (TPSA) is 66.8 Å². The van der Waals surface area contributed by atoms with E-state index in [0.717, 1.165) is 4.88 Å². The Labute approximate surface area is 169 Å². The zero-order valence-corrected chi connectivity index (χ0v) is 17.0. The number of halogens is 2. The first kappa shape index (κ1) is 18.9. The molecular formula is C17H14ClFN2O3S3. The van der Waals surface area contributed by atoms with Gasteiger partial charge in [0.15, 0.2) is 15.0 Å². The van der Waals surface area contributed by atoms with Crippen LogP contribution in [0.1, 0.15) is 4.88 Å². The van der Waals surface area contributed by atoms with E-state index in [0.29, 0.717) is 10.9 Å². The molecule has 1 aromatic heterocycles. The van der Waals surface area contributed by atoms with Crippen molar-refractivity contribution in [3.05, 3.63) is 51.4 Å². The van der Waals surface area contributed by atoms with Crippen molar-refractivity contribution >= 4 is 61.3 Å². The number of nitrogens with zero attached hydrogens (tertiary/aromatic N) is 2. The molecule has 2 atom stereocenters. The molecular weight excluding hydrogens is 431 g/mol. The zero-order valence-electron chi connectivity index (χ0n) is 13.8. The number of amides is 1. The van der Waals surface area contributed by atoms with Crippen molar-refractivity contribution in [2.45, 2.75) is 17.7 Å². The summed E-state index contributed by atoms with van der Waals surface area (Å²) in [5.74, 6) is -0.861. The average Bonchev–Trinajstić information content (AvgIpc) is 3.25. The quantitative estimate of drug-likeness (QED) is 0.726. The van der Waals surface area contributed by atoms with Crippen molar-refractivity contribution in [1.29, 1.82) is 0 Å². The van der Waals surface area contributed by atoms with Crippen LogP contribution in [0.2, 0.25) is 5.02 Å². The van der Waals surface area contributed by atoms with Crippen LogP contribution in [-0.4, -0.2) is 42.3 Å². The Morgan fingerprint density at radius 1 is 1.33 bits per heavy atom. The molecule has 0 saturated carbocycles. The van der Waals surface area contributed by atoms with Crippen molar-refractivity contribution in [2.24, 2.45) is 4.99 Å². The van der Waals surface area contributed by atoms with Crippen molar-refractivity contribution in [3.63, 3.8) is 0 Å². The van der Waals surface area contributed by atoms with Gasteiger partial charge in [0.05, 0.1) is 29.0 Å². The van der Waals surface area contributed by atoms with E-state index in [9.17, 15) is 17.6 Å². The second kappa shape index (κ2) is 7.20. The number of benzene rings is 1. The van der Waals surface area contributed by atoms with E-state index in [1.54, 1.807) is 4.90 Å². The van der Waals surface area contributed by atoms with Gasteiger partial charge in [-0.25, -0.2) is 12.8 Å². The molecule has 2 aliphatic heterocycles. The minimum Gasteiger partial charge on any atom is -0.316 e. The van der Waals surface area contributed by atoms with Crippen LogP contribution in [-0.2, 0) is 21.1 Å². The summed E-state index contributed by atoms with van der Waals surface area (Å²) < 4.78 is 37.7. The first-order valence-electron chi connectivity index (χ1n) is 8.08. The van der Waals surface area contributed by atoms with Crippen LogP contribution in [0, 0.1) is 5.82 Å². The van der Waals surface area contributed by atoms with E-state index in [4.69, 9.17) is 11.6 Å². The predicted octanol–water partition coefficient (Wildman–Crippen LogP) is 3.38. The van der Waals surface area contributed by atoms with Crippen LogP contribution in [0.5, 0.6) is 0 Å².